The summed E-state index contributed by atoms with van der Waals surface area (Å²) in [5, 5.41) is 14.5. The summed E-state index contributed by atoms with van der Waals surface area (Å²) in [7, 11) is 0. The number of guanidine groups is 1. The second-order valence-electron chi connectivity index (χ2n) is 6.14. The van der Waals surface area contributed by atoms with E-state index in [-0.39, 0.29) is 23.2 Å². The van der Waals surface area contributed by atoms with Crippen molar-refractivity contribution < 1.29 is 18.4 Å². The molecule has 0 aromatic heterocycles. The van der Waals surface area contributed by atoms with E-state index in [9.17, 15) is 18.4 Å². The molecule has 28 heavy (non-hydrogen) atoms. The summed E-state index contributed by atoms with van der Waals surface area (Å²) in [5.74, 6) is -3.63. The summed E-state index contributed by atoms with van der Waals surface area (Å²) in [4.78, 5) is 24.6. The fraction of sp³-hybridized carbons (Fsp3) is 0.167. The van der Waals surface area contributed by atoms with Gasteiger partial charge in [0.15, 0.2) is 5.96 Å². The van der Waals surface area contributed by atoms with Gasteiger partial charge in [-0.05, 0) is 42.8 Å². The van der Waals surface area contributed by atoms with Gasteiger partial charge in [0.05, 0.1) is 10.6 Å². The van der Waals surface area contributed by atoms with Crippen molar-refractivity contribution >= 4 is 35.1 Å². The van der Waals surface area contributed by atoms with Crippen molar-refractivity contribution in [3.05, 3.63) is 64.7 Å². The third-order valence-corrected chi connectivity index (χ3v) is 4.19. The number of nitrogens with two attached hydrogens (primary N) is 1. The van der Waals surface area contributed by atoms with E-state index in [2.05, 4.69) is 16.0 Å². The highest BCUT2D eigenvalue weighted by Gasteiger charge is 2.31. The summed E-state index contributed by atoms with van der Waals surface area (Å²) in [6, 6.07) is 8.82. The number of carbonyl (C=O) groups excluding carboxylic acids is 2. The van der Waals surface area contributed by atoms with Gasteiger partial charge in [-0.1, -0.05) is 23.7 Å². The molecule has 0 fully saturated rings. The molecule has 2 aromatic carbocycles. The molecule has 6 N–H and O–H groups in total. The quantitative estimate of drug-likeness (QED) is 0.295. The van der Waals surface area contributed by atoms with Crippen LogP contribution < -0.4 is 21.7 Å². The van der Waals surface area contributed by atoms with Gasteiger partial charge in [0, 0.05) is 12.2 Å². The van der Waals surface area contributed by atoms with E-state index in [1.807, 2.05) is 0 Å². The predicted molar refractivity (Wildman–Crippen MR) is 102 cm³/mol. The minimum absolute atomic E-state index is 0.0391. The van der Waals surface area contributed by atoms with E-state index in [0.29, 0.717) is 5.56 Å². The van der Waals surface area contributed by atoms with Crippen molar-refractivity contribution in [3.8, 4) is 0 Å². The molecule has 1 atom stereocenters. The Bertz CT molecular complexity index is 907. The number of nitrogens with one attached hydrogen (secondary N) is 4. The molecule has 2 amide bonds. The minimum atomic E-state index is -1.20. The minimum Gasteiger partial charge on any atom is -0.370 e. The van der Waals surface area contributed by atoms with Gasteiger partial charge in [-0.25, -0.2) is 8.78 Å². The fourth-order valence-electron chi connectivity index (χ4n) is 2.38. The van der Waals surface area contributed by atoms with Crippen LogP contribution in [0.1, 0.15) is 12.5 Å². The molecule has 0 saturated heterocycles. The summed E-state index contributed by atoms with van der Waals surface area (Å²) < 4.78 is 26.7. The number of hydrogen-bond acceptors (Lipinski definition) is 3. The monoisotopic (exact) mass is 409 g/mol. The lowest BCUT2D eigenvalue weighted by molar-refractivity contribution is -0.137. The molecule has 0 aliphatic heterocycles. The van der Waals surface area contributed by atoms with E-state index >= 15 is 0 Å². The lowest BCUT2D eigenvalue weighted by atomic mass is 9.91. The molecule has 0 radical (unpaired) electrons. The summed E-state index contributed by atoms with van der Waals surface area (Å²) >= 11 is 5.58. The van der Waals surface area contributed by atoms with Crippen LogP contribution in [0.3, 0.4) is 0 Å². The Morgan fingerprint density at radius 3 is 2.36 bits per heavy atom. The number of carbonyl (C=O) groups is 2. The van der Waals surface area contributed by atoms with Crippen LogP contribution in [0.4, 0.5) is 14.5 Å². The second-order valence-corrected chi connectivity index (χ2v) is 6.55. The lowest BCUT2D eigenvalue weighted by Gasteiger charge is -2.31. The molecule has 7 nitrogen and oxygen atoms in total. The Kier molecular flexibility index (Phi) is 6.53. The maximum absolute atomic E-state index is 13.5. The molecule has 0 heterocycles. The van der Waals surface area contributed by atoms with Crippen LogP contribution in [0, 0.1) is 17.0 Å². The number of amides is 2. The van der Waals surface area contributed by atoms with Crippen LogP contribution in [0.2, 0.25) is 5.02 Å². The fourth-order valence-corrected chi connectivity index (χ4v) is 2.49. The summed E-state index contributed by atoms with van der Waals surface area (Å²) in [5.41, 5.74) is 4.62. The highest BCUT2D eigenvalue weighted by atomic mass is 35.5. The normalized spacial score (nSPS) is 12.6. The SMILES string of the molecule is CC(CNC(=N)N)(NC(=O)C(=O)Nc1ccc(Cl)c(F)c1)c1ccc(F)cc1. The molecule has 0 saturated carbocycles. The third kappa shape index (κ3) is 5.40. The first-order valence-corrected chi connectivity index (χ1v) is 8.41. The number of rotatable bonds is 5. The zero-order valence-electron chi connectivity index (χ0n) is 14.8. The van der Waals surface area contributed by atoms with Gasteiger partial charge in [-0.15, -0.1) is 0 Å². The van der Waals surface area contributed by atoms with Gasteiger partial charge in [0.2, 0.25) is 0 Å². The molecule has 148 valence electrons. The molecule has 0 spiro atoms. The van der Waals surface area contributed by atoms with Crippen LogP contribution in [0.25, 0.3) is 0 Å². The van der Waals surface area contributed by atoms with E-state index < -0.39 is 29.0 Å². The average molecular weight is 410 g/mol. The summed E-state index contributed by atoms with van der Waals surface area (Å²) in [6.45, 7) is 1.53. The van der Waals surface area contributed by atoms with E-state index in [0.717, 1.165) is 6.07 Å². The first-order valence-electron chi connectivity index (χ1n) is 8.03. The first kappa shape index (κ1) is 21.1. The first-order chi connectivity index (χ1) is 13.1. The average Bonchev–Trinajstić information content (AvgIpc) is 2.63. The van der Waals surface area contributed by atoms with Crippen molar-refractivity contribution in [1.29, 1.82) is 5.41 Å². The third-order valence-electron chi connectivity index (χ3n) is 3.89. The lowest BCUT2D eigenvalue weighted by Crippen LogP contribution is -2.54. The predicted octanol–water partition coefficient (Wildman–Crippen LogP) is 2.07. The maximum Gasteiger partial charge on any atom is 0.313 e. The number of halogens is 3. The number of anilines is 1. The van der Waals surface area contributed by atoms with Crippen LogP contribution in [0.15, 0.2) is 42.5 Å². The zero-order chi connectivity index (χ0) is 20.9. The van der Waals surface area contributed by atoms with Crippen molar-refractivity contribution in [2.75, 3.05) is 11.9 Å². The molecular formula is C18H18ClF2N5O2. The van der Waals surface area contributed by atoms with E-state index in [4.69, 9.17) is 22.7 Å². The molecule has 1 unspecified atom stereocenters. The smallest absolute Gasteiger partial charge is 0.313 e. The standard InChI is InChI=1S/C18H18ClF2N5O2/c1-18(9-24-17(22)23,10-2-4-11(20)5-3-10)26-16(28)15(27)25-12-6-7-13(19)14(21)8-12/h2-8H,9H2,1H3,(H,25,27)(H,26,28)(H4,22,23,24). The second kappa shape index (κ2) is 8.66. The maximum atomic E-state index is 13.5. The van der Waals surface area contributed by atoms with Gasteiger partial charge in [-0.3, -0.25) is 15.0 Å². The highest BCUT2D eigenvalue weighted by Crippen LogP contribution is 2.21. The molecule has 2 rings (SSSR count). The largest absolute Gasteiger partial charge is 0.370 e. The Balaban J connectivity index is 2.18. The van der Waals surface area contributed by atoms with Gasteiger partial charge >= 0.3 is 11.8 Å². The topological polar surface area (TPSA) is 120 Å². The van der Waals surface area contributed by atoms with Crippen LogP contribution in [-0.2, 0) is 15.1 Å². The van der Waals surface area contributed by atoms with Gasteiger partial charge < -0.3 is 21.7 Å². The molecule has 0 aliphatic rings. The highest BCUT2D eigenvalue weighted by molar-refractivity contribution is 6.39. The van der Waals surface area contributed by atoms with Crippen LogP contribution in [0.5, 0.6) is 0 Å². The Labute approximate surface area is 164 Å². The zero-order valence-corrected chi connectivity index (χ0v) is 15.5. The van der Waals surface area contributed by atoms with Crippen molar-refractivity contribution in [2.24, 2.45) is 5.73 Å². The van der Waals surface area contributed by atoms with Crippen molar-refractivity contribution in [1.82, 2.24) is 10.6 Å². The van der Waals surface area contributed by atoms with Crippen molar-refractivity contribution in [2.45, 2.75) is 12.5 Å². The van der Waals surface area contributed by atoms with Crippen LogP contribution in [-0.4, -0.2) is 24.3 Å². The van der Waals surface area contributed by atoms with Crippen LogP contribution >= 0.6 is 11.6 Å². The van der Waals surface area contributed by atoms with Crippen molar-refractivity contribution in [3.63, 3.8) is 0 Å². The molecule has 0 bridgehead atoms. The molecule has 0 aliphatic carbocycles. The molecule has 2 aromatic rings. The van der Waals surface area contributed by atoms with E-state index in [1.54, 1.807) is 6.92 Å². The van der Waals surface area contributed by atoms with Gasteiger partial charge in [-0.2, -0.15) is 0 Å². The Morgan fingerprint density at radius 2 is 1.79 bits per heavy atom. The Morgan fingerprint density at radius 1 is 1.14 bits per heavy atom. The van der Waals surface area contributed by atoms with E-state index in [1.165, 1.54) is 36.4 Å². The molecular weight excluding hydrogens is 392 g/mol. The Hall–Kier alpha value is -3.20. The molecule has 10 heteroatoms. The number of hydrogen-bond donors (Lipinski definition) is 5. The van der Waals surface area contributed by atoms with Gasteiger partial charge in [0.1, 0.15) is 11.6 Å². The number of benzene rings is 2. The summed E-state index contributed by atoms with van der Waals surface area (Å²) in [6.07, 6.45) is 0. The van der Waals surface area contributed by atoms with Gasteiger partial charge in [0.25, 0.3) is 0 Å².